The molecule has 4 amide bonds. The van der Waals surface area contributed by atoms with Gasteiger partial charge in [-0.1, -0.05) is 58.7 Å². The first kappa shape index (κ1) is 24.1. The van der Waals surface area contributed by atoms with Gasteiger partial charge in [0.1, 0.15) is 0 Å². The van der Waals surface area contributed by atoms with Crippen LogP contribution >= 0.6 is 15.9 Å². The van der Waals surface area contributed by atoms with Gasteiger partial charge in [0, 0.05) is 16.5 Å². The van der Waals surface area contributed by atoms with E-state index < -0.39 is 11.8 Å². The number of imide groups is 2. The molecule has 0 aliphatic carbocycles. The van der Waals surface area contributed by atoms with Crippen molar-refractivity contribution < 1.29 is 70.6 Å². The molecule has 0 aromatic heterocycles. The van der Waals surface area contributed by atoms with Crippen LogP contribution in [-0.2, 0) is 6.42 Å². The van der Waals surface area contributed by atoms with Crippen LogP contribution in [0.25, 0.3) is 5.32 Å². The van der Waals surface area contributed by atoms with Crippen LogP contribution in [0.4, 0.5) is 0 Å². The van der Waals surface area contributed by atoms with E-state index in [9.17, 15) is 19.2 Å². The molecule has 0 bridgehead atoms. The van der Waals surface area contributed by atoms with E-state index >= 15 is 0 Å². The van der Waals surface area contributed by atoms with Crippen LogP contribution < -0.4 is 56.7 Å². The van der Waals surface area contributed by atoms with E-state index in [1.807, 2.05) is 12.1 Å². The molecule has 2 aromatic carbocycles. The summed E-state index contributed by atoms with van der Waals surface area (Å²) in [5, 5.41) is 6.63. The van der Waals surface area contributed by atoms with Crippen LogP contribution in [0.1, 0.15) is 66.3 Å². The molecule has 2 aliphatic rings. The Morgan fingerprint density at radius 2 is 1.38 bits per heavy atom. The molecule has 2 aliphatic heterocycles. The van der Waals surface area contributed by atoms with Crippen molar-refractivity contribution >= 4 is 39.6 Å². The molecule has 8 heteroatoms. The molecule has 0 fully saturated rings. The molecular formula is C21H18BrKN2O4. The summed E-state index contributed by atoms with van der Waals surface area (Å²) >= 11 is 3.39. The Morgan fingerprint density at radius 1 is 0.759 bits per heavy atom. The number of carbonyl (C=O) groups is 4. The fraction of sp³-hybridized carbons (Fsp3) is 0.238. The number of hydrogen-bond donors (Lipinski definition) is 1. The molecule has 144 valence electrons. The number of nitrogens with one attached hydrogen (secondary N) is 1. The predicted molar refractivity (Wildman–Crippen MR) is 108 cm³/mol. The van der Waals surface area contributed by atoms with Gasteiger partial charge in [-0.2, -0.15) is 0 Å². The van der Waals surface area contributed by atoms with Gasteiger partial charge in [0.05, 0.1) is 22.9 Å². The Bertz CT molecular complexity index is 928. The smallest absolute Gasteiger partial charge is 0.587 e. The summed E-state index contributed by atoms with van der Waals surface area (Å²) in [5.41, 5.74) is 2.92. The van der Waals surface area contributed by atoms with E-state index in [4.69, 9.17) is 0 Å². The number of amides is 4. The maximum Gasteiger partial charge on any atom is 1.00 e. The zero-order chi connectivity index (χ0) is 20.1. The molecule has 0 spiro atoms. The molecule has 29 heavy (non-hydrogen) atoms. The van der Waals surface area contributed by atoms with Crippen molar-refractivity contribution in [3.63, 3.8) is 0 Å². The Hall–Kier alpha value is -1.16. The van der Waals surface area contributed by atoms with E-state index in [1.165, 1.54) is 0 Å². The number of alkyl halides is 1. The maximum atomic E-state index is 11.6. The number of benzene rings is 2. The van der Waals surface area contributed by atoms with Crippen LogP contribution in [0.15, 0.2) is 42.5 Å². The first-order chi connectivity index (χ1) is 13.5. The molecule has 1 N–H and O–H groups in total. The van der Waals surface area contributed by atoms with Crippen molar-refractivity contribution in [2.45, 2.75) is 25.7 Å². The molecule has 0 unspecified atom stereocenters. The average molecular weight is 481 g/mol. The molecule has 0 atom stereocenters. The number of unbranched alkanes of at least 4 members (excludes halogenated alkanes) is 2. The van der Waals surface area contributed by atoms with Crippen molar-refractivity contribution in [1.82, 2.24) is 5.32 Å². The second-order valence-electron chi connectivity index (χ2n) is 6.39. The van der Waals surface area contributed by atoms with Crippen LogP contribution in [-0.4, -0.2) is 29.0 Å². The van der Waals surface area contributed by atoms with Crippen LogP contribution in [0.3, 0.4) is 0 Å². The number of rotatable bonds is 5. The van der Waals surface area contributed by atoms with E-state index in [1.54, 1.807) is 30.3 Å². The maximum absolute atomic E-state index is 11.6. The van der Waals surface area contributed by atoms with Crippen LogP contribution in [0, 0.1) is 0 Å². The third-order valence-electron chi connectivity index (χ3n) is 4.52. The van der Waals surface area contributed by atoms with Gasteiger partial charge in [-0.15, -0.1) is 0 Å². The molecule has 4 rings (SSSR count). The summed E-state index contributed by atoms with van der Waals surface area (Å²) in [6, 6.07) is 12.1. The molecule has 6 nitrogen and oxygen atoms in total. The third-order valence-corrected chi connectivity index (χ3v) is 5.08. The SMILES string of the molecule is O=C1NC(=O)c2c(CCCCCBr)cccc21.O=C1[N-]C(=O)c2ccccc21.[K+]. The molecule has 0 saturated carbocycles. The van der Waals surface area contributed by atoms with Crippen LogP contribution in [0.2, 0.25) is 0 Å². The second kappa shape index (κ2) is 11.3. The van der Waals surface area contributed by atoms with Crippen LogP contribution in [0.5, 0.6) is 0 Å². The van der Waals surface area contributed by atoms with E-state index in [0.29, 0.717) is 22.3 Å². The standard InChI is InChI=1S/C13H14BrNO2.C8H5NO2.K/c14-8-3-1-2-5-9-6-4-7-10-11(9)13(17)15-12(10)16;10-7-5-3-1-2-4-6(5)8(11)9-7;/h4,6-7H,1-3,5,8H2,(H,15,16,17);1-4H,(H,9,10,11);/q;;+1/p-1. The van der Waals surface area contributed by atoms with Gasteiger partial charge < -0.3 is 14.9 Å². The Labute approximate surface area is 219 Å². The number of nitrogens with zero attached hydrogens (tertiary/aromatic N) is 1. The van der Waals surface area contributed by atoms with E-state index in [0.717, 1.165) is 36.6 Å². The summed E-state index contributed by atoms with van der Waals surface area (Å²) in [6.07, 6.45) is 4.17. The topological polar surface area (TPSA) is 94.4 Å². The first-order valence-electron chi connectivity index (χ1n) is 8.96. The molecule has 2 aromatic rings. The zero-order valence-corrected chi connectivity index (χ0v) is 20.7. The Morgan fingerprint density at radius 3 is 2.00 bits per heavy atom. The minimum Gasteiger partial charge on any atom is -0.587 e. The number of aryl methyl sites for hydroxylation is 1. The number of hydrogen-bond acceptors (Lipinski definition) is 4. The largest absolute Gasteiger partial charge is 1.00 e. The predicted octanol–water partition coefficient (Wildman–Crippen LogP) is 1.04. The summed E-state index contributed by atoms with van der Waals surface area (Å²) in [4.78, 5) is 44.9. The first-order valence-corrected chi connectivity index (χ1v) is 10.1. The Balaban J connectivity index is 0.000000217. The second-order valence-corrected chi connectivity index (χ2v) is 7.18. The summed E-state index contributed by atoms with van der Waals surface area (Å²) < 4.78 is 0. The molecular weight excluding hydrogens is 463 g/mol. The van der Waals surface area contributed by atoms with Gasteiger partial charge >= 0.3 is 51.4 Å². The van der Waals surface area contributed by atoms with Gasteiger partial charge in [-0.05, 0) is 30.9 Å². The summed E-state index contributed by atoms with van der Waals surface area (Å²) in [6.45, 7) is 0. The van der Waals surface area contributed by atoms with E-state index in [2.05, 4.69) is 26.6 Å². The van der Waals surface area contributed by atoms with Crippen molar-refractivity contribution in [3.05, 3.63) is 75.6 Å². The Kier molecular flexibility index (Phi) is 9.38. The summed E-state index contributed by atoms with van der Waals surface area (Å²) in [5.74, 6) is -1.37. The van der Waals surface area contributed by atoms with Gasteiger partial charge in [-0.25, -0.2) is 0 Å². The molecule has 0 radical (unpaired) electrons. The fourth-order valence-corrected chi connectivity index (χ4v) is 3.55. The van der Waals surface area contributed by atoms with Crippen molar-refractivity contribution in [1.29, 1.82) is 0 Å². The number of halogens is 1. The monoisotopic (exact) mass is 480 g/mol. The molecule has 0 saturated heterocycles. The number of fused-ring (bicyclic) bond motifs is 2. The minimum atomic E-state index is -0.425. The van der Waals surface area contributed by atoms with Gasteiger partial charge in [0.25, 0.3) is 11.8 Å². The van der Waals surface area contributed by atoms with Gasteiger partial charge in [0.2, 0.25) is 0 Å². The van der Waals surface area contributed by atoms with Gasteiger partial charge in [-0.3, -0.25) is 14.9 Å². The quantitative estimate of drug-likeness (QED) is 0.299. The van der Waals surface area contributed by atoms with Crippen molar-refractivity contribution in [2.24, 2.45) is 0 Å². The van der Waals surface area contributed by atoms with Gasteiger partial charge in [0.15, 0.2) is 0 Å². The fourth-order valence-electron chi connectivity index (χ4n) is 3.15. The van der Waals surface area contributed by atoms with Crippen molar-refractivity contribution in [2.75, 3.05) is 5.33 Å². The van der Waals surface area contributed by atoms with E-state index in [-0.39, 0.29) is 63.2 Å². The molecule has 2 heterocycles. The third kappa shape index (κ3) is 5.71. The van der Waals surface area contributed by atoms with Crippen molar-refractivity contribution in [3.8, 4) is 0 Å². The normalized spacial score (nSPS) is 13.6. The minimum absolute atomic E-state index is 0. The zero-order valence-electron chi connectivity index (χ0n) is 16.0. The number of carbonyl (C=O) groups excluding carboxylic acids is 4. The average Bonchev–Trinajstić information content (AvgIpc) is 3.16. The summed E-state index contributed by atoms with van der Waals surface area (Å²) in [7, 11) is 0.